The molecular weight excluding hydrogens is 604 g/mol. The quantitative estimate of drug-likeness (QED) is 0.113. The van der Waals surface area contributed by atoms with Crippen LogP contribution in [0.25, 0.3) is 0 Å². The van der Waals surface area contributed by atoms with Crippen LogP contribution in [0.1, 0.15) is 63.7 Å². The van der Waals surface area contributed by atoms with Gasteiger partial charge in [0.15, 0.2) is 17.0 Å². The molecule has 1 aromatic carbocycles. The van der Waals surface area contributed by atoms with Crippen LogP contribution in [0, 0.1) is 17.8 Å². The number of rotatable bonds is 10. The average Bonchev–Trinajstić information content (AvgIpc) is 3.69. The Balaban J connectivity index is 1.41. The van der Waals surface area contributed by atoms with E-state index in [-0.39, 0.29) is 5.57 Å². The predicted octanol–water partition coefficient (Wildman–Crippen LogP) is 3.70. The van der Waals surface area contributed by atoms with Crippen molar-refractivity contribution in [3.63, 3.8) is 0 Å². The number of aliphatic hydroxyl groups excluding tert-OH is 2. The van der Waals surface area contributed by atoms with Crippen LogP contribution in [-0.4, -0.2) is 86.5 Å². The van der Waals surface area contributed by atoms with E-state index in [1.54, 1.807) is 62.4 Å². The summed E-state index contributed by atoms with van der Waals surface area (Å²) >= 11 is 0. The number of carbonyl (C=O) groups excluding carboxylic acids is 2. The third kappa shape index (κ3) is 4.16. The molecule has 3 aliphatic heterocycles. The van der Waals surface area contributed by atoms with Gasteiger partial charge < -0.3 is 39.0 Å². The van der Waals surface area contributed by atoms with Crippen LogP contribution in [0.2, 0.25) is 0 Å². The molecule has 0 aromatic heterocycles. The number of allylic oxidation sites excluding steroid dienone is 3. The molecule has 0 amide bonds. The number of ketones is 1. The Kier molecular flexibility index (Phi) is 7.65. The molecule has 10 heteroatoms. The summed E-state index contributed by atoms with van der Waals surface area (Å²) in [6, 6.07) is 8.57. The zero-order valence-corrected chi connectivity index (χ0v) is 27.3. The highest BCUT2D eigenvalue weighted by Gasteiger charge is 2.90. The van der Waals surface area contributed by atoms with Crippen molar-refractivity contribution in [1.82, 2.24) is 0 Å². The average molecular weight is 649 g/mol. The van der Waals surface area contributed by atoms with E-state index in [0.29, 0.717) is 11.1 Å². The van der Waals surface area contributed by atoms with Gasteiger partial charge in [0.05, 0.1) is 17.8 Å². The Labute approximate surface area is 274 Å². The minimum Gasteiger partial charge on any atom is -0.455 e. The van der Waals surface area contributed by atoms with E-state index in [2.05, 4.69) is 13.5 Å². The molecule has 3 N–H and O–H groups in total. The Morgan fingerprint density at radius 3 is 2.53 bits per heavy atom. The number of ether oxygens (including phenoxy) is 5. The minimum absolute atomic E-state index is 0.238. The van der Waals surface area contributed by atoms with Gasteiger partial charge in [0.1, 0.15) is 30.0 Å². The van der Waals surface area contributed by atoms with Gasteiger partial charge in [0, 0.05) is 23.8 Å². The molecule has 10 nitrogen and oxygen atoms in total. The Morgan fingerprint density at radius 2 is 1.85 bits per heavy atom. The number of aliphatic hydroxyl groups is 3. The topological polar surface area (TPSA) is 144 Å². The Bertz CT molecular complexity index is 1570. The second-order valence-electron chi connectivity index (χ2n) is 14.1. The molecule has 1 aromatic rings. The molecule has 47 heavy (non-hydrogen) atoms. The smallest absolute Gasteiger partial charge is 0.338 e. The van der Waals surface area contributed by atoms with Gasteiger partial charge >= 0.3 is 11.9 Å². The summed E-state index contributed by atoms with van der Waals surface area (Å²) in [4.78, 5) is 27.6. The molecule has 3 bridgehead atoms. The van der Waals surface area contributed by atoms with E-state index in [4.69, 9.17) is 23.7 Å². The number of carbonyl (C=O) groups is 2. The molecule has 3 aliphatic carbocycles. The van der Waals surface area contributed by atoms with Gasteiger partial charge in [-0.25, -0.2) is 4.79 Å². The fourth-order valence-electron chi connectivity index (χ4n) is 9.24. The highest BCUT2D eigenvalue weighted by Crippen LogP contribution is 2.73. The highest BCUT2D eigenvalue weighted by molar-refractivity contribution is 6.05. The molecule has 2 unspecified atom stereocenters. The first-order valence-corrected chi connectivity index (χ1v) is 16.7. The van der Waals surface area contributed by atoms with Gasteiger partial charge in [-0.05, 0) is 50.0 Å². The normalized spacial score (nSPS) is 45.8. The second kappa shape index (κ2) is 11.0. The number of epoxide rings is 1. The van der Waals surface area contributed by atoms with Crippen LogP contribution in [0.15, 0.2) is 78.4 Å². The zero-order valence-electron chi connectivity index (χ0n) is 27.3. The lowest BCUT2D eigenvalue weighted by molar-refractivity contribution is -0.407. The number of esters is 1. The maximum atomic E-state index is 13.8. The van der Waals surface area contributed by atoms with Crippen LogP contribution in [-0.2, 0) is 28.5 Å². The van der Waals surface area contributed by atoms with E-state index in [0.717, 1.165) is 25.7 Å². The monoisotopic (exact) mass is 648 g/mol. The summed E-state index contributed by atoms with van der Waals surface area (Å²) in [6.07, 6.45) is 8.51. The van der Waals surface area contributed by atoms with Crippen LogP contribution < -0.4 is 0 Å². The van der Waals surface area contributed by atoms with Crippen molar-refractivity contribution in [2.45, 2.75) is 106 Å². The molecule has 252 valence electrons. The third-order valence-electron chi connectivity index (χ3n) is 11.5. The molecule has 5 fully saturated rings. The van der Waals surface area contributed by atoms with Crippen molar-refractivity contribution in [2.75, 3.05) is 6.61 Å². The molecule has 12 atom stereocenters. The first-order valence-electron chi connectivity index (χ1n) is 16.7. The molecule has 2 saturated carbocycles. The van der Waals surface area contributed by atoms with E-state index in [9.17, 15) is 24.9 Å². The van der Waals surface area contributed by atoms with Crippen LogP contribution in [0.5, 0.6) is 0 Å². The summed E-state index contributed by atoms with van der Waals surface area (Å²) in [5.41, 5.74) is -6.01. The van der Waals surface area contributed by atoms with Crippen molar-refractivity contribution < 1.29 is 48.6 Å². The molecule has 7 rings (SSSR count). The molecule has 6 aliphatic rings. The Hall–Kier alpha value is -2.96. The highest BCUT2D eigenvalue weighted by atomic mass is 16.9. The van der Waals surface area contributed by atoms with E-state index >= 15 is 0 Å². The van der Waals surface area contributed by atoms with Gasteiger partial charge in [-0.3, -0.25) is 4.79 Å². The Morgan fingerprint density at radius 1 is 1.11 bits per heavy atom. The van der Waals surface area contributed by atoms with E-state index in [1.165, 1.54) is 0 Å². The lowest BCUT2D eigenvalue weighted by Gasteiger charge is -2.61. The van der Waals surface area contributed by atoms with Crippen molar-refractivity contribution >= 4 is 11.8 Å². The van der Waals surface area contributed by atoms with Gasteiger partial charge in [-0.1, -0.05) is 75.8 Å². The molecule has 0 radical (unpaired) electrons. The lowest BCUT2D eigenvalue weighted by atomic mass is 9.53. The standard InChI is InChI=1S/C37H44O10/c1-6-7-8-9-10-11-15-18-34-45-30-26-29-33(20-38,44-29)32(41)35(42)25(19-22(4)27(35)39)37(26,47-34)23(5)28(36(30,46-34)21(2)3)43-31(40)24-16-13-12-14-17-24/h10-19,23,25-26,28-30,32,38,41-42H,2,6-9,20H2,1,3-5H3/b11-10+,18-15+/t23-,25-,26+,28-,29+,30-,32-,33+,34?,35-,36+,37?/m0/s1. The summed E-state index contributed by atoms with van der Waals surface area (Å²) in [7, 11) is 0. The van der Waals surface area contributed by atoms with E-state index in [1.807, 2.05) is 19.1 Å². The maximum Gasteiger partial charge on any atom is 0.338 e. The maximum absolute atomic E-state index is 13.8. The molecule has 0 spiro atoms. The number of Topliss-reactive ketones (excluding diaryl/α,β-unsaturated/α-hetero) is 1. The largest absolute Gasteiger partial charge is 0.455 e. The summed E-state index contributed by atoms with van der Waals surface area (Å²) in [5.74, 6) is -5.81. The van der Waals surface area contributed by atoms with Crippen molar-refractivity contribution in [3.8, 4) is 0 Å². The van der Waals surface area contributed by atoms with Gasteiger partial charge in [0.25, 0.3) is 0 Å². The fourth-order valence-corrected chi connectivity index (χ4v) is 9.24. The first-order chi connectivity index (χ1) is 22.4. The lowest BCUT2D eigenvalue weighted by Crippen LogP contribution is -2.76. The van der Waals surface area contributed by atoms with Gasteiger partial charge in [0.2, 0.25) is 0 Å². The van der Waals surface area contributed by atoms with Crippen molar-refractivity contribution in [2.24, 2.45) is 17.8 Å². The number of hydrogen-bond donors (Lipinski definition) is 3. The zero-order chi connectivity index (χ0) is 33.6. The summed E-state index contributed by atoms with van der Waals surface area (Å²) in [5, 5.41) is 34.9. The predicted molar refractivity (Wildman–Crippen MR) is 169 cm³/mol. The second-order valence-corrected chi connectivity index (χ2v) is 14.1. The number of benzene rings is 1. The fraction of sp³-hybridized carbons (Fsp3) is 0.568. The van der Waals surface area contributed by atoms with Crippen LogP contribution >= 0.6 is 0 Å². The van der Waals surface area contributed by atoms with Crippen LogP contribution in [0.4, 0.5) is 0 Å². The third-order valence-corrected chi connectivity index (χ3v) is 11.5. The number of unbranched alkanes of at least 4 members (excludes halogenated alkanes) is 3. The van der Waals surface area contributed by atoms with E-state index < -0.39 is 88.9 Å². The van der Waals surface area contributed by atoms with Gasteiger partial charge in [-0.15, -0.1) is 0 Å². The van der Waals surface area contributed by atoms with Crippen molar-refractivity contribution in [1.29, 1.82) is 0 Å². The minimum atomic E-state index is -2.41. The molecule has 3 heterocycles. The number of hydrogen-bond acceptors (Lipinski definition) is 10. The van der Waals surface area contributed by atoms with Crippen molar-refractivity contribution in [3.05, 3.63) is 84.0 Å². The first kappa shape index (κ1) is 32.6. The van der Waals surface area contributed by atoms with Gasteiger partial charge in [-0.2, -0.15) is 0 Å². The SMILES string of the molecule is C=C(C)[C@]12OC3(/C=C/C=C/CCCCC)O[C@H]1[C@H]1[C@H]4O[C@@]4(CO)[C@H](O)[C@@]4(O)C(=O)C(C)=C[C@@H]4C1(O3)[C@@H](C)[C@@H]2OC(=O)c1ccccc1. The summed E-state index contributed by atoms with van der Waals surface area (Å²) < 4.78 is 33.2. The van der Waals surface area contributed by atoms with Crippen LogP contribution in [0.3, 0.4) is 0 Å². The number of fused-ring (bicyclic) bond motifs is 3. The molecule has 3 saturated heterocycles. The molecular formula is C37H44O10. The summed E-state index contributed by atoms with van der Waals surface area (Å²) in [6.45, 7) is 11.0.